The highest BCUT2D eigenvalue weighted by molar-refractivity contribution is 7.92. The summed E-state index contributed by atoms with van der Waals surface area (Å²) in [6.45, 7) is -0.117. The monoisotopic (exact) mass is 409 g/mol. The van der Waals surface area contributed by atoms with E-state index in [2.05, 4.69) is 14.3 Å². The van der Waals surface area contributed by atoms with Gasteiger partial charge in [-0.05, 0) is 30.3 Å². The zero-order valence-corrected chi connectivity index (χ0v) is 15.5. The molecule has 1 N–H and O–H groups in total. The van der Waals surface area contributed by atoms with Gasteiger partial charge in [-0.1, -0.05) is 40.4 Å². The third-order valence-electron chi connectivity index (χ3n) is 3.25. The fourth-order valence-electron chi connectivity index (χ4n) is 2.02. The van der Waals surface area contributed by atoms with Gasteiger partial charge in [0.15, 0.2) is 0 Å². The first-order valence-electron chi connectivity index (χ1n) is 7.27. The number of nitrogens with one attached hydrogen (secondary N) is 1. The Bertz CT molecular complexity index is 1020. The Labute approximate surface area is 158 Å². The molecule has 0 bridgehead atoms. The van der Waals surface area contributed by atoms with Gasteiger partial charge in [-0.25, -0.2) is 13.2 Å². The van der Waals surface area contributed by atoms with Crippen molar-refractivity contribution in [2.75, 3.05) is 4.72 Å². The number of anilines is 1. The van der Waals surface area contributed by atoms with Gasteiger partial charge >= 0.3 is 5.97 Å². The summed E-state index contributed by atoms with van der Waals surface area (Å²) in [4.78, 5) is 12.3. The van der Waals surface area contributed by atoms with Crippen LogP contribution < -0.4 is 4.72 Å². The van der Waals surface area contributed by atoms with E-state index in [1.165, 1.54) is 24.3 Å². The lowest BCUT2D eigenvalue weighted by atomic mass is 10.2. The van der Waals surface area contributed by atoms with Crippen LogP contribution in [0.25, 0.3) is 0 Å². The topological polar surface area (TPSA) is 98.2 Å². The van der Waals surface area contributed by atoms with Crippen LogP contribution >= 0.6 is 23.1 Å². The Morgan fingerprint density at radius 3 is 2.62 bits per heavy atom. The molecule has 0 saturated heterocycles. The van der Waals surface area contributed by atoms with E-state index in [4.69, 9.17) is 16.3 Å². The van der Waals surface area contributed by atoms with Crippen molar-refractivity contribution in [3.8, 4) is 0 Å². The van der Waals surface area contributed by atoms with E-state index in [-0.39, 0.29) is 22.8 Å². The molecule has 3 rings (SSSR count). The average molecular weight is 410 g/mol. The zero-order chi connectivity index (χ0) is 18.6. The standard InChI is InChI=1S/C16H12ClN3O4S2/c17-15-14(18-20-25-15)10-24-16(21)11-5-4-6-12(9-11)19-26(22,23)13-7-2-1-3-8-13/h1-9,19H,10H2. The van der Waals surface area contributed by atoms with Crippen molar-refractivity contribution in [1.29, 1.82) is 0 Å². The largest absolute Gasteiger partial charge is 0.455 e. The Morgan fingerprint density at radius 2 is 1.92 bits per heavy atom. The van der Waals surface area contributed by atoms with Crippen LogP contribution in [-0.4, -0.2) is 24.0 Å². The summed E-state index contributed by atoms with van der Waals surface area (Å²) in [6, 6.07) is 13.9. The lowest BCUT2D eigenvalue weighted by Crippen LogP contribution is -2.13. The number of hydrogen-bond acceptors (Lipinski definition) is 7. The Hall–Kier alpha value is -2.49. The second-order valence-corrected chi connectivity index (χ2v) is 8.11. The van der Waals surface area contributed by atoms with Gasteiger partial charge in [-0.15, -0.1) is 5.10 Å². The van der Waals surface area contributed by atoms with Gasteiger partial charge < -0.3 is 4.74 Å². The highest BCUT2D eigenvalue weighted by Gasteiger charge is 2.16. The number of nitrogens with zero attached hydrogens (tertiary/aromatic N) is 2. The lowest BCUT2D eigenvalue weighted by Gasteiger charge is -2.09. The predicted molar refractivity (Wildman–Crippen MR) is 97.7 cm³/mol. The zero-order valence-electron chi connectivity index (χ0n) is 13.1. The Morgan fingerprint density at radius 1 is 1.15 bits per heavy atom. The average Bonchev–Trinajstić information content (AvgIpc) is 3.05. The first kappa shape index (κ1) is 18.3. The van der Waals surface area contributed by atoms with Crippen molar-refractivity contribution < 1.29 is 17.9 Å². The van der Waals surface area contributed by atoms with Crippen molar-refractivity contribution in [3.63, 3.8) is 0 Å². The van der Waals surface area contributed by atoms with Crippen LogP contribution in [0.5, 0.6) is 0 Å². The number of hydrogen-bond donors (Lipinski definition) is 1. The van der Waals surface area contributed by atoms with Crippen molar-refractivity contribution in [2.24, 2.45) is 0 Å². The normalized spacial score (nSPS) is 11.1. The molecule has 0 amide bonds. The quantitative estimate of drug-likeness (QED) is 0.627. The second kappa shape index (κ2) is 7.81. The van der Waals surface area contributed by atoms with Gasteiger partial charge in [0, 0.05) is 17.2 Å². The van der Waals surface area contributed by atoms with Crippen LogP contribution in [0.2, 0.25) is 4.34 Å². The number of benzene rings is 2. The van der Waals surface area contributed by atoms with E-state index in [0.29, 0.717) is 10.0 Å². The Kier molecular flexibility index (Phi) is 5.50. The van der Waals surface area contributed by atoms with E-state index < -0.39 is 16.0 Å². The van der Waals surface area contributed by atoms with Crippen LogP contribution in [-0.2, 0) is 21.4 Å². The number of halogens is 1. The highest BCUT2D eigenvalue weighted by atomic mass is 35.5. The fourth-order valence-corrected chi connectivity index (χ4v) is 3.70. The third-order valence-corrected chi connectivity index (χ3v) is 5.63. The molecule has 1 aromatic heterocycles. The molecule has 0 saturated carbocycles. The molecule has 7 nitrogen and oxygen atoms in total. The summed E-state index contributed by atoms with van der Waals surface area (Å²) in [5.74, 6) is -0.630. The van der Waals surface area contributed by atoms with E-state index in [9.17, 15) is 13.2 Å². The van der Waals surface area contributed by atoms with Crippen LogP contribution in [0.1, 0.15) is 16.1 Å². The van der Waals surface area contributed by atoms with Gasteiger partial charge in [0.1, 0.15) is 16.6 Å². The molecular weight excluding hydrogens is 398 g/mol. The SMILES string of the molecule is O=C(OCc1nnsc1Cl)c1cccc(NS(=O)(=O)c2ccccc2)c1. The highest BCUT2D eigenvalue weighted by Crippen LogP contribution is 2.20. The number of sulfonamides is 1. The second-order valence-electron chi connectivity index (χ2n) is 5.07. The molecule has 0 spiro atoms. The van der Waals surface area contributed by atoms with Crippen molar-refractivity contribution in [1.82, 2.24) is 9.59 Å². The molecule has 0 unspecified atom stereocenters. The Balaban J connectivity index is 1.72. The summed E-state index contributed by atoms with van der Waals surface area (Å²) in [5, 5.41) is 3.75. The molecule has 2 aromatic carbocycles. The molecular formula is C16H12ClN3O4S2. The minimum atomic E-state index is -3.75. The minimum absolute atomic E-state index is 0.117. The van der Waals surface area contributed by atoms with E-state index >= 15 is 0 Å². The third kappa shape index (κ3) is 4.37. The van der Waals surface area contributed by atoms with Crippen molar-refractivity contribution in [2.45, 2.75) is 11.5 Å². The van der Waals surface area contributed by atoms with Crippen molar-refractivity contribution in [3.05, 3.63) is 70.2 Å². The molecule has 1 heterocycles. The number of esters is 1. The fraction of sp³-hybridized carbons (Fsp3) is 0.0625. The molecule has 134 valence electrons. The van der Waals surface area contributed by atoms with E-state index in [1.54, 1.807) is 30.3 Å². The van der Waals surface area contributed by atoms with Gasteiger partial charge in [-0.2, -0.15) is 0 Å². The number of carbonyl (C=O) groups is 1. The first-order chi connectivity index (χ1) is 12.5. The first-order valence-corrected chi connectivity index (χ1v) is 9.91. The summed E-state index contributed by atoms with van der Waals surface area (Å²) in [5.41, 5.74) is 0.806. The molecule has 0 fully saturated rings. The number of carbonyl (C=O) groups excluding carboxylic acids is 1. The minimum Gasteiger partial charge on any atom is -0.455 e. The summed E-state index contributed by atoms with van der Waals surface area (Å²) in [6.07, 6.45) is 0. The van der Waals surface area contributed by atoms with E-state index in [1.807, 2.05) is 0 Å². The number of rotatable bonds is 6. The maximum Gasteiger partial charge on any atom is 0.338 e. The number of aromatic nitrogens is 2. The smallest absolute Gasteiger partial charge is 0.338 e. The van der Waals surface area contributed by atoms with Crippen LogP contribution in [0.3, 0.4) is 0 Å². The van der Waals surface area contributed by atoms with Crippen LogP contribution in [0.15, 0.2) is 59.5 Å². The summed E-state index contributed by atoms with van der Waals surface area (Å²) >= 11 is 6.85. The molecule has 26 heavy (non-hydrogen) atoms. The summed E-state index contributed by atoms with van der Waals surface area (Å²) in [7, 11) is -3.75. The maximum atomic E-state index is 12.3. The van der Waals surface area contributed by atoms with Gasteiger partial charge in [-0.3, -0.25) is 4.72 Å². The maximum absolute atomic E-state index is 12.3. The van der Waals surface area contributed by atoms with Gasteiger partial charge in [0.2, 0.25) is 0 Å². The van der Waals surface area contributed by atoms with Gasteiger partial charge in [0.05, 0.1) is 10.5 Å². The molecule has 0 aliphatic rings. The molecule has 10 heteroatoms. The van der Waals surface area contributed by atoms with Crippen molar-refractivity contribution >= 4 is 44.8 Å². The molecule has 0 aliphatic heterocycles. The van der Waals surface area contributed by atoms with Crippen LogP contribution in [0, 0.1) is 0 Å². The number of ether oxygens (including phenoxy) is 1. The van der Waals surface area contributed by atoms with Gasteiger partial charge in [0.25, 0.3) is 10.0 Å². The van der Waals surface area contributed by atoms with E-state index in [0.717, 1.165) is 11.5 Å². The molecule has 3 aromatic rings. The molecule has 0 radical (unpaired) electrons. The molecule has 0 aliphatic carbocycles. The van der Waals surface area contributed by atoms with Crippen LogP contribution in [0.4, 0.5) is 5.69 Å². The summed E-state index contributed by atoms with van der Waals surface area (Å²) < 4.78 is 36.2. The molecule has 0 atom stereocenters. The predicted octanol–water partition coefficient (Wildman–Crippen LogP) is 3.35. The lowest BCUT2D eigenvalue weighted by molar-refractivity contribution is 0.0468.